The molecule has 134 valence electrons. The molecule has 0 radical (unpaired) electrons. The maximum atomic E-state index is 12.6. The standard InChI is InChI=1S/C20H23N5O/c1-15-17(25-12-5-3-9-19(25)22-15)13-20(26)23-16-7-6-11-24(14-16)18-8-2-4-10-21-18/h2-5,8-10,12,16H,6-7,11,13-14H2,1H3,(H,23,26)/t16-/m1/s1. The summed E-state index contributed by atoms with van der Waals surface area (Å²) in [5, 5.41) is 3.20. The average Bonchev–Trinajstić information content (AvgIpc) is 2.98. The topological polar surface area (TPSA) is 62.5 Å². The molecule has 0 saturated carbocycles. The molecule has 0 spiro atoms. The lowest BCUT2D eigenvalue weighted by molar-refractivity contribution is -0.121. The van der Waals surface area contributed by atoms with Crippen molar-refractivity contribution in [3.05, 3.63) is 60.2 Å². The van der Waals surface area contributed by atoms with Crippen LogP contribution >= 0.6 is 0 Å². The lowest BCUT2D eigenvalue weighted by Gasteiger charge is -2.34. The van der Waals surface area contributed by atoms with Gasteiger partial charge in [-0.15, -0.1) is 0 Å². The van der Waals surface area contributed by atoms with Crippen LogP contribution in [0.2, 0.25) is 0 Å². The second-order valence-corrected chi connectivity index (χ2v) is 6.79. The number of imidazole rings is 1. The first-order chi connectivity index (χ1) is 12.7. The predicted octanol–water partition coefficient (Wildman–Crippen LogP) is 2.37. The highest BCUT2D eigenvalue weighted by Gasteiger charge is 2.23. The number of nitrogens with one attached hydrogen (secondary N) is 1. The fourth-order valence-electron chi connectivity index (χ4n) is 3.65. The molecule has 3 aromatic heterocycles. The summed E-state index contributed by atoms with van der Waals surface area (Å²) in [6.07, 6.45) is 6.17. The number of hydrogen-bond donors (Lipinski definition) is 1. The number of carbonyl (C=O) groups excluding carboxylic acids is 1. The first-order valence-electron chi connectivity index (χ1n) is 9.08. The largest absolute Gasteiger partial charge is 0.355 e. The third kappa shape index (κ3) is 3.40. The Labute approximate surface area is 152 Å². The number of amides is 1. The molecule has 0 aliphatic carbocycles. The zero-order valence-electron chi connectivity index (χ0n) is 14.9. The summed E-state index contributed by atoms with van der Waals surface area (Å²) in [6, 6.07) is 12.0. The van der Waals surface area contributed by atoms with Gasteiger partial charge >= 0.3 is 0 Å². The van der Waals surface area contributed by atoms with Crippen molar-refractivity contribution in [2.45, 2.75) is 32.2 Å². The number of pyridine rings is 2. The van der Waals surface area contributed by atoms with Gasteiger partial charge < -0.3 is 14.6 Å². The fraction of sp³-hybridized carbons (Fsp3) is 0.350. The molecular weight excluding hydrogens is 326 g/mol. The van der Waals surface area contributed by atoms with Crippen molar-refractivity contribution in [1.29, 1.82) is 0 Å². The zero-order valence-corrected chi connectivity index (χ0v) is 14.9. The van der Waals surface area contributed by atoms with Gasteiger partial charge in [0.05, 0.1) is 17.8 Å². The van der Waals surface area contributed by atoms with E-state index in [4.69, 9.17) is 0 Å². The molecule has 4 heterocycles. The van der Waals surface area contributed by atoms with Gasteiger partial charge in [-0.2, -0.15) is 0 Å². The Morgan fingerprint density at radius 2 is 2.15 bits per heavy atom. The molecule has 1 fully saturated rings. The average molecular weight is 349 g/mol. The molecule has 3 aromatic rings. The smallest absolute Gasteiger partial charge is 0.226 e. The Balaban J connectivity index is 1.42. The van der Waals surface area contributed by atoms with Crippen molar-refractivity contribution in [2.75, 3.05) is 18.0 Å². The molecule has 1 amide bonds. The van der Waals surface area contributed by atoms with Crippen LogP contribution in [-0.4, -0.2) is 39.4 Å². The monoisotopic (exact) mass is 349 g/mol. The van der Waals surface area contributed by atoms with E-state index < -0.39 is 0 Å². The summed E-state index contributed by atoms with van der Waals surface area (Å²) < 4.78 is 2.00. The molecular formula is C20H23N5O. The van der Waals surface area contributed by atoms with Gasteiger partial charge in [0.2, 0.25) is 5.91 Å². The van der Waals surface area contributed by atoms with Crippen LogP contribution in [0.5, 0.6) is 0 Å². The van der Waals surface area contributed by atoms with Gasteiger partial charge in [-0.05, 0) is 44.0 Å². The number of aromatic nitrogens is 3. The van der Waals surface area contributed by atoms with E-state index in [1.54, 1.807) is 0 Å². The van der Waals surface area contributed by atoms with Crippen LogP contribution in [0, 0.1) is 6.92 Å². The van der Waals surface area contributed by atoms with Gasteiger partial charge in [0.15, 0.2) is 0 Å². The molecule has 0 aromatic carbocycles. The number of fused-ring (bicyclic) bond motifs is 1. The quantitative estimate of drug-likeness (QED) is 0.785. The Morgan fingerprint density at radius 3 is 3.00 bits per heavy atom. The highest BCUT2D eigenvalue weighted by molar-refractivity contribution is 5.79. The summed E-state index contributed by atoms with van der Waals surface area (Å²) in [7, 11) is 0. The molecule has 6 nitrogen and oxygen atoms in total. The number of nitrogens with zero attached hydrogens (tertiary/aromatic N) is 4. The highest BCUT2D eigenvalue weighted by Crippen LogP contribution is 2.18. The Bertz CT molecular complexity index is 905. The van der Waals surface area contributed by atoms with Crippen molar-refractivity contribution in [3.63, 3.8) is 0 Å². The first-order valence-corrected chi connectivity index (χ1v) is 9.08. The van der Waals surface area contributed by atoms with Crippen molar-refractivity contribution in [1.82, 2.24) is 19.7 Å². The van der Waals surface area contributed by atoms with Gasteiger partial charge in [0.25, 0.3) is 0 Å². The maximum absolute atomic E-state index is 12.6. The molecule has 4 rings (SSSR count). The SMILES string of the molecule is Cc1nc2ccccn2c1CC(=O)N[C@@H]1CCCN(c2ccccn2)C1. The van der Waals surface area contributed by atoms with Crippen LogP contribution in [0.3, 0.4) is 0 Å². The van der Waals surface area contributed by atoms with Crippen LogP contribution in [0.1, 0.15) is 24.2 Å². The van der Waals surface area contributed by atoms with E-state index in [-0.39, 0.29) is 11.9 Å². The summed E-state index contributed by atoms with van der Waals surface area (Å²) in [4.78, 5) is 23.8. The number of hydrogen-bond acceptors (Lipinski definition) is 4. The second-order valence-electron chi connectivity index (χ2n) is 6.79. The van der Waals surface area contributed by atoms with E-state index in [1.165, 1.54) is 0 Å². The molecule has 6 heteroatoms. The van der Waals surface area contributed by atoms with Crippen molar-refractivity contribution < 1.29 is 4.79 Å². The minimum absolute atomic E-state index is 0.0478. The molecule has 1 aliphatic heterocycles. The van der Waals surface area contributed by atoms with Crippen LogP contribution in [0.15, 0.2) is 48.8 Å². The van der Waals surface area contributed by atoms with E-state index >= 15 is 0 Å². The highest BCUT2D eigenvalue weighted by atomic mass is 16.1. The first kappa shape index (κ1) is 16.6. The van der Waals surface area contributed by atoms with Gasteiger partial charge in [0.1, 0.15) is 11.5 Å². The van der Waals surface area contributed by atoms with Gasteiger partial charge in [0, 0.05) is 31.5 Å². The normalized spacial score (nSPS) is 17.4. The lowest BCUT2D eigenvalue weighted by Crippen LogP contribution is -2.48. The Kier molecular flexibility index (Phi) is 4.56. The van der Waals surface area contributed by atoms with Crippen LogP contribution < -0.4 is 10.2 Å². The van der Waals surface area contributed by atoms with Crippen molar-refractivity contribution in [2.24, 2.45) is 0 Å². The van der Waals surface area contributed by atoms with Crippen molar-refractivity contribution >= 4 is 17.4 Å². The van der Waals surface area contributed by atoms with E-state index in [0.29, 0.717) is 6.42 Å². The molecule has 1 atom stereocenters. The van der Waals surface area contributed by atoms with Gasteiger partial charge in [-0.25, -0.2) is 9.97 Å². The van der Waals surface area contributed by atoms with E-state index in [1.807, 2.05) is 60.1 Å². The van der Waals surface area contributed by atoms with E-state index in [2.05, 4.69) is 20.2 Å². The molecule has 0 bridgehead atoms. The number of aryl methyl sites for hydroxylation is 1. The predicted molar refractivity (Wildman–Crippen MR) is 101 cm³/mol. The third-order valence-electron chi connectivity index (χ3n) is 4.92. The Morgan fingerprint density at radius 1 is 1.27 bits per heavy atom. The fourth-order valence-corrected chi connectivity index (χ4v) is 3.65. The number of carbonyl (C=O) groups is 1. The van der Waals surface area contributed by atoms with Gasteiger partial charge in [-0.1, -0.05) is 12.1 Å². The molecule has 1 N–H and O–H groups in total. The van der Waals surface area contributed by atoms with Crippen LogP contribution in [-0.2, 0) is 11.2 Å². The minimum Gasteiger partial charge on any atom is -0.355 e. The van der Waals surface area contributed by atoms with Crippen LogP contribution in [0.25, 0.3) is 5.65 Å². The zero-order chi connectivity index (χ0) is 17.9. The summed E-state index contributed by atoms with van der Waals surface area (Å²) >= 11 is 0. The summed E-state index contributed by atoms with van der Waals surface area (Å²) in [5.74, 6) is 1.02. The number of anilines is 1. The summed E-state index contributed by atoms with van der Waals surface area (Å²) in [5.41, 5.74) is 2.74. The third-order valence-corrected chi connectivity index (χ3v) is 4.92. The van der Waals surface area contributed by atoms with E-state index in [9.17, 15) is 4.79 Å². The molecule has 0 unspecified atom stereocenters. The molecule has 26 heavy (non-hydrogen) atoms. The maximum Gasteiger partial charge on any atom is 0.226 e. The Hall–Kier alpha value is -2.89. The van der Waals surface area contributed by atoms with Crippen molar-refractivity contribution in [3.8, 4) is 0 Å². The second kappa shape index (κ2) is 7.15. The van der Waals surface area contributed by atoms with E-state index in [0.717, 1.165) is 48.8 Å². The van der Waals surface area contributed by atoms with Gasteiger partial charge in [-0.3, -0.25) is 4.79 Å². The lowest BCUT2D eigenvalue weighted by atomic mass is 10.1. The minimum atomic E-state index is 0.0478. The number of rotatable bonds is 4. The molecule has 1 aliphatic rings. The number of piperidine rings is 1. The van der Waals surface area contributed by atoms with Crippen LogP contribution in [0.4, 0.5) is 5.82 Å². The molecule has 1 saturated heterocycles. The summed E-state index contributed by atoms with van der Waals surface area (Å²) in [6.45, 7) is 3.74.